The summed E-state index contributed by atoms with van der Waals surface area (Å²) >= 11 is 5.31. The van der Waals surface area contributed by atoms with Gasteiger partial charge in [0.25, 0.3) is 0 Å². The lowest BCUT2D eigenvalue weighted by Crippen LogP contribution is -2.29. The molecular formula is C15H24N4O3S. The summed E-state index contributed by atoms with van der Waals surface area (Å²) in [5, 5.41) is 3.10. The molecule has 1 heterocycles. The molecule has 0 aliphatic heterocycles. The Balaban J connectivity index is 2.95. The van der Waals surface area contributed by atoms with E-state index < -0.39 is 0 Å². The van der Waals surface area contributed by atoms with Gasteiger partial charge >= 0.3 is 11.7 Å². The van der Waals surface area contributed by atoms with E-state index in [1.54, 1.807) is 27.2 Å². The standard InChI is InChI=1S/C15H24N4O3S/c1-6-10(3)22-11(20)8-9-17-12-13(16-7-2)18(4)15(21)19(5)14(12)23/h7,10,17H,6,8-9H2,1-5H3. The monoisotopic (exact) mass is 340 g/mol. The van der Waals surface area contributed by atoms with Crippen molar-refractivity contribution in [3.8, 4) is 0 Å². The lowest BCUT2D eigenvalue weighted by molar-refractivity contribution is -0.147. The highest BCUT2D eigenvalue weighted by atomic mass is 32.1. The number of anilines is 1. The predicted octanol–water partition coefficient (Wildman–Crippen LogP) is 2.32. The summed E-state index contributed by atoms with van der Waals surface area (Å²) in [7, 11) is 3.23. The van der Waals surface area contributed by atoms with Crippen LogP contribution in [0.3, 0.4) is 0 Å². The third-order valence-corrected chi connectivity index (χ3v) is 3.90. The Morgan fingerprint density at radius 1 is 1.43 bits per heavy atom. The zero-order valence-corrected chi connectivity index (χ0v) is 15.1. The molecule has 1 rings (SSSR count). The quantitative estimate of drug-likeness (QED) is 0.468. The van der Waals surface area contributed by atoms with E-state index in [1.807, 2.05) is 13.8 Å². The molecule has 1 N–H and O–H groups in total. The summed E-state index contributed by atoms with van der Waals surface area (Å²) in [6.07, 6.45) is 2.49. The molecule has 1 atom stereocenters. The van der Waals surface area contributed by atoms with Crippen molar-refractivity contribution < 1.29 is 9.53 Å². The Kier molecular flexibility index (Phi) is 7.15. The zero-order valence-electron chi connectivity index (χ0n) is 14.3. The number of ether oxygens (including phenoxy) is 1. The highest BCUT2D eigenvalue weighted by Gasteiger charge is 2.13. The van der Waals surface area contributed by atoms with E-state index in [2.05, 4.69) is 10.3 Å². The maximum Gasteiger partial charge on any atom is 0.330 e. The van der Waals surface area contributed by atoms with Gasteiger partial charge in [-0.1, -0.05) is 19.1 Å². The number of rotatable bonds is 7. The number of hydrogen-bond acceptors (Lipinski definition) is 6. The maximum absolute atomic E-state index is 12.1. The molecule has 1 aromatic rings. The van der Waals surface area contributed by atoms with Crippen molar-refractivity contribution in [1.82, 2.24) is 9.13 Å². The molecule has 0 amide bonds. The van der Waals surface area contributed by atoms with Crippen molar-refractivity contribution >= 4 is 35.9 Å². The van der Waals surface area contributed by atoms with Crippen LogP contribution in [0.25, 0.3) is 0 Å². The lowest BCUT2D eigenvalue weighted by Gasteiger charge is -2.15. The van der Waals surface area contributed by atoms with Crippen LogP contribution in [0.4, 0.5) is 11.5 Å². The number of aromatic nitrogens is 2. The maximum atomic E-state index is 12.1. The zero-order chi connectivity index (χ0) is 17.6. The third kappa shape index (κ3) is 4.75. The highest BCUT2D eigenvalue weighted by molar-refractivity contribution is 7.71. The number of carbonyl (C=O) groups is 1. The molecule has 23 heavy (non-hydrogen) atoms. The van der Waals surface area contributed by atoms with Crippen molar-refractivity contribution in [2.45, 2.75) is 39.7 Å². The van der Waals surface area contributed by atoms with E-state index in [0.717, 1.165) is 6.42 Å². The van der Waals surface area contributed by atoms with Crippen LogP contribution < -0.4 is 11.0 Å². The van der Waals surface area contributed by atoms with Gasteiger partial charge in [-0.3, -0.25) is 13.9 Å². The van der Waals surface area contributed by atoms with Crippen molar-refractivity contribution in [3.05, 3.63) is 15.1 Å². The van der Waals surface area contributed by atoms with Gasteiger partial charge in [-0.05, 0) is 20.3 Å². The van der Waals surface area contributed by atoms with E-state index >= 15 is 0 Å². The lowest BCUT2D eigenvalue weighted by atomic mass is 10.3. The van der Waals surface area contributed by atoms with Gasteiger partial charge in [0, 0.05) is 26.9 Å². The Hall–Kier alpha value is -1.96. The van der Waals surface area contributed by atoms with E-state index in [1.165, 1.54) is 9.13 Å². The second-order valence-electron chi connectivity index (χ2n) is 5.18. The molecule has 0 spiro atoms. The van der Waals surface area contributed by atoms with Crippen LogP contribution in [0.5, 0.6) is 0 Å². The minimum Gasteiger partial charge on any atom is -0.463 e. The predicted molar refractivity (Wildman–Crippen MR) is 94.3 cm³/mol. The number of carbonyl (C=O) groups excluding carboxylic acids is 1. The van der Waals surface area contributed by atoms with Gasteiger partial charge < -0.3 is 10.1 Å². The van der Waals surface area contributed by atoms with Crippen molar-refractivity contribution in [2.24, 2.45) is 19.1 Å². The van der Waals surface area contributed by atoms with Crippen molar-refractivity contribution in [1.29, 1.82) is 0 Å². The van der Waals surface area contributed by atoms with Gasteiger partial charge in [0.15, 0.2) is 5.82 Å². The third-order valence-electron chi connectivity index (χ3n) is 3.42. The topological polar surface area (TPSA) is 77.6 Å². The Bertz CT molecular complexity index is 706. The summed E-state index contributed by atoms with van der Waals surface area (Å²) in [5.41, 5.74) is 0.302. The second kappa shape index (κ2) is 8.61. The Morgan fingerprint density at radius 3 is 2.65 bits per heavy atom. The summed E-state index contributed by atoms with van der Waals surface area (Å²) < 4.78 is 8.35. The van der Waals surface area contributed by atoms with Gasteiger partial charge in [0.1, 0.15) is 10.3 Å². The first-order valence-corrected chi connectivity index (χ1v) is 7.96. The molecule has 0 saturated heterocycles. The molecule has 7 nitrogen and oxygen atoms in total. The molecule has 0 bridgehead atoms. The first kappa shape index (κ1) is 19.1. The average molecular weight is 340 g/mol. The van der Waals surface area contributed by atoms with Crippen LogP contribution in [0.2, 0.25) is 0 Å². The SMILES string of the molecule is CC=Nc1c(NCCC(=O)OC(C)CC)c(=S)n(C)c(=O)n1C. The summed E-state index contributed by atoms with van der Waals surface area (Å²) in [6.45, 7) is 5.92. The molecule has 0 fully saturated rings. The minimum atomic E-state index is -0.271. The second-order valence-corrected chi connectivity index (χ2v) is 5.56. The number of nitrogens with one attached hydrogen (secondary N) is 1. The fourth-order valence-electron chi connectivity index (χ4n) is 1.92. The molecule has 0 radical (unpaired) electrons. The Morgan fingerprint density at radius 2 is 2.09 bits per heavy atom. The highest BCUT2D eigenvalue weighted by Crippen LogP contribution is 2.23. The van der Waals surface area contributed by atoms with Gasteiger partial charge in [-0.2, -0.15) is 0 Å². The minimum absolute atomic E-state index is 0.0902. The molecule has 1 aromatic heterocycles. The number of hydrogen-bond donors (Lipinski definition) is 1. The summed E-state index contributed by atoms with van der Waals surface area (Å²) in [4.78, 5) is 28.0. The number of esters is 1. The molecule has 0 aromatic carbocycles. The van der Waals surface area contributed by atoms with Crippen LogP contribution in [0, 0.1) is 4.64 Å². The normalized spacial score (nSPS) is 12.4. The molecule has 128 valence electrons. The first-order valence-electron chi connectivity index (χ1n) is 7.55. The summed E-state index contributed by atoms with van der Waals surface area (Å²) in [5.74, 6) is 0.170. The fourth-order valence-corrected chi connectivity index (χ4v) is 2.16. The first-order chi connectivity index (χ1) is 10.8. The molecular weight excluding hydrogens is 316 g/mol. The van der Waals surface area contributed by atoms with Crippen LogP contribution >= 0.6 is 12.2 Å². The van der Waals surface area contributed by atoms with E-state index in [-0.39, 0.29) is 24.2 Å². The summed E-state index contributed by atoms with van der Waals surface area (Å²) in [6, 6.07) is 0. The van der Waals surface area contributed by atoms with Crippen molar-refractivity contribution in [2.75, 3.05) is 11.9 Å². The number of aliphatic imine (C=N–C) groups is 1. The number of nitrogens with zero attached hydrogens (tertiary/aromatic N) is 3. The molecule has 0 saturated carbocycles. The smallest absolute Gasteiger partial charge is 0.330 e. The molecule has 0 aliphatic rings. The van der Waals surface area contributed by atoms with E-state index in [4.69, 9.17) is 17.0 Å². The van der Waals surface area contributed by atoms with Gasteiger partial charge in [0.2, 0.25) is 0 Å². The van der Waals surface area contributed by atoms with E-state index in [0.29, 0.717) is 22.7 Å². The van der Waals surface area contributed by atoms with Crippen LogP contribution in [0.1, 0.15) is 33.6 Å². The average Bonchev–Trinajstić information content (AvgIpc) is 2.53. The largest absolute Gasteiger partial charge is 0.463 e. The van der Waals surface area contributed by atoms with E-state index in [9.17, 15) is 9.59 Å². The van der Waals surface area contributed by atoms with Gasteiger partial charge in [0.05, 0.1) is 12.5 Å². The van der Waals surface area contributed by atoms with Crippen molar-refractivity contribution in [3.63, 3.8) is 0 Å². The molecule has 8 heteroatoms. The van der Waals surface area contributed by atoms with Crippen LogP contribution in [0.15, 0.2) is 9.79 Å². The van der Waals surface area contributed by atoms with Gasteiger partial charge in [-0.15, -0.1) is 0 Å². The van der Waals surface area contributed by atoms with Crippen LogP contribution in [-0.2, 0) is 23.6 Å². The molecule has 1 unspecified atom stereocenters. The Labute approximate surface area is 141 Å². The molecule has 0 aliphatic carbocycles. The van der Waals surface area contributed by atoms with Gasteiger partial charge in [-0.25, -0.2) is 9.79 Å². The van der Waals surface area contributed by atoms with Crippen LogP contribution in [-0.4, -0.2) is 34.0 Å². The fraction of sp³-hybridized carbons (Fsp3) is 0.600.